The number of alkyl halides is 3. The van der Waals surface area contributed by atoms with Gasteiger partial charge in [0, 0.05) is 40.8 Å². The lowest BCUT2D eigenvalue weighted by Crippen LogP contribution is -2.13. The topological polar surface area (TPSA) is 116 Å². The number of aromatic nitrogens is 4. The molecule has 0 aliphatic carbocycles. The van der Waals surface area contributed by atoms with Gasteiger partial charge in [0.15, 0.2) is 0 Å². The van der Waals surface area contributed by atoms with E-state index >= 15 is 0 Å². The third-order valence-electron chi connectivity index (χ3n) is 6.11. The molecule has 3 N–H and O–H groups in total. The van der Waals surface area contributed by atoms with Gasteiger partial charge in [-0.2, -0.15) is 13.2 Å². The van der Waals surface area contributed by atoms with E-state index in [2.05, 4.69) is 25.3 Å². The molecule has 0 radical (unpaired) electrons. The van der Waals surface area contributed by atoms with E-state index in [1.807, 2.05) is 13.0 Å². The molecule has 3 aromatic carbocycles. The van der Waals surface area contributed by atoms with Gasteiger partial charge in [-0.3, -0.25) is 14.8 Å². The van der Waals surface area contributed by atoms with E-state index in [4.69, 9.17) is 10.5 Å². The molecule has 2 heterocycles. The Morgan fingerprint density at radius 1 is 1.00 bits per heavy atom. The Hall–Kier alpha value is -5.06. The number of halogens is 3. The van der Waals surface area contributed by atoms with Crippen molar-refractivity contribution in [2.75, 3.05) is 18.2 Å². The van der Waals surface area contributed by atoms with Crippen LogP contribution in [0.15, 0.2) is 73.3 Å². The fourth-order valence-electron chi connectivity index (χ4n) is 4.28. The highest BCUT2D eigenvalue weighted by atomic mass is 19.4. The number of carbonyl (C=O) groups excluding carboxylic acids is 1. The van der Waals surface area contributed by atoms with Crippen LogP contribution in [0.5, 0.6) is 5.75 Å². The van der Waals surface area contributed by atoms with Crippen LogP contribution in [0.2, 0.25) is 0 Å². The molecule has 0 saturated carbocycles. The monoisotopic (exact) mass is 530 g/mol. The Bertz CT molecular complexity index is 1710. The van der Waals surface area contributed by atoms with Crippen LogP contribution in [0.3, 0.4) is 0 Å². The largest absolute Gasteiger partial charge is 0.495 e. The zero-order valence-corrected chi connectivity index (χ0v) is 20.7. The molecule has 196 valence electrons. The summed E-state index contributed by atoms with van der Waals surface area (Å²) in [7, 11) is 1.51. The molecule has 0 fully saturated rings. The molecule has 0 unspecified atom stereocenters. The molecule has 5 aromatic rings. The number of benzene rings is 3. The highest BCUT2D eigenvalue weighted by Crippen LogP contribution is 2.44. The molecule has 0 aliphatic rings. The summed E-state index contributed by atoms with van der Waals surface area (Å²) in [6.45, 7) is 1.87. The van der Waals surface area contributed by atoms with Gasteiger partial charge in [-0.1, -0.05) is 12.1 Å². The first-order valence-electron chi connectivity index (χ1n) is 11.6. The van der Waals surface area contributed by atoms with E-state index in [0.29, 0.717) is 39.0 Å². The minimum absolute atomic E-state index is 0.0277. The Morgan fingerprint density at radius 3 is 2.54 bits per heavy atom. The highest BCUT2D eigenvalue weighted by molar-refractivity contribution is 6.06. The van der Waals surface area contributed by atoms with Crippen molar-refractivity contribution in [1.29, 1.82) is 0 Å². The van der Waals surface area contributed by atoms with Crippen molar-refractivity contribution >= 4 is 28.4 Å². The summed E-state index contributed by atoms with van der Waals surface area (Å²) in [5.74, 6) is -0.0629. The molecule has 0 atom stereocenters. The average molecular weight is 531 g/mol. The van der Waals surface area contributed by atoms with Crippen LogP contribution >= 0.6 is 0 Å². The summed E-state index contributed by atoms with van der Waals surface area (Å²) in [6, 6.07) is 11.3. The smallest absolute Gasteiger partial charge is 0.416 e. The summed E-state index contributed by atoms with van der Waals surface area (Å²) in [4.78, 5) is 30.2. The summed E-state index contributed by atoms with van der Waals surface area (Å²) in [5.41, 5.74) is 8.96. The van der Waals surface area contributed by atoms with Gasteiger partial charge in [-0.25, -0.2) is 9.97 Å². The van der Waals surface area contributed by atoms with Crippen molar-refractivity contribution in [3.8, 4) is 28.1 Å². The van der Waals surface area contributed by atoms with Crippen LogP contribution in [0, 0.1) is 6.92 Å². The lowest BCUT2D eigenvalue weighted by molar-refractivity contribution is -0.137. The summed E-state index contributed by atoms with van der Waals surface area (Å²) in [6.07, 6.45) is 1.72. The number of anilines is 2. The van der Waals surface area contributed by atoms with Crippen molar-refractivity contribution in [2.24, 2.45) is 0 Å². The second-order valence-corrected chi connectivity index (χ2v) is 8.65. The van der Waals surface area contributed by atoms with E-state index in [0.717, 1.165) is 17.7 Å². The first-order valence-corrected chi connectivity index (χ1v) is 11.6. The van der Waals surface area contributed by atoms with Crippen molar-refractivity contribution in [1.82, 2.24) is 19.9 Å². The molecule has 11 heteroatoms. The summed E-state index contributed by atoms with van der Waals surface area (Å²) in [5, 5.41) is 3.20. The molecular weight excluding hydrogens is 509 g/mol. The molecule has 0 spiro atoms. The standard InChI is InChI=1S/C28H21F3N6O2/c1-15-6-7-16(26(38)36-19-5-3-4-18(12-19)28(29,30)31)10-20(15)21-11-17-13-35-27(32)37-24(17)23(25(21)39-2)22-14-33-8-9-34-22/h3-14H,1-2H3,(H,36,38)(H2,32,35,37). The molecule has 5 rings (SSSR count). The predicted octanol–water partition coefficient (Wildman–Crippen LogP) is 5.92. The van der Waals surface area contributed by atoms with Gasteiger partial charge in [-0.05, 0) is 54.4 Å². The highest BCUT2D eigenvalue weighted by Gasteiger charge is 2.30. The molecule has 1 amide bonds. The van der Waals surface area contributed by atoms with Crippen molar-refractivity contribution in [2.45, 2.75) is 13.1 Å². The minimum atomic E-state index is -4.53. The normalized spacial score (nSPS) is 11.4. The number of nitrogen functional groups attached to an aromatic ring is 1. The van der Waals surface area contributed by atoms with Gasteiger partial charge in [0.25, 0.3) is 5.91 Å². The minimum Gasteiger partial charge on any atom is -0.495 e. The van der Waals surface area contributed by atoms with Gasteiger partial charge < -0.3 is 15.8 Å². The van der Waals surface area contributed by atoms with Gasteiger partial charge >= 0.3 is 6.18 Å². The van der Waals surface area contributed by atoms with E-state index in [9.17, 15) is 18.0 Å². The zero-order valence-electron chi connectivity index (χ0n) is 20.7. The maximum atomic E-state index is 13.1. The maximum Gasteiger partial charge on any atom is 0.416 e. The van der Waals surface area contributed by atoms with Crippen molar-refractivity contribution in [3.63, 3.8) is 0 Å². The lowest BCUT2D eigenvalue weighted by atomic mass is 9.92. The van der Waals surface area contributed by atoms with E-state index in [1.54, 1.807) is 43.0 Å². The molecule has 2 aromatic heterocycles. The van der Waals surface area contributed by atoms with Gasteiger partial charge in [-0.15, -0.1) is 0 Å². The second kappa shape index (κ2) is 10.0. The fourth-order valence-corrected chi connectivity index (χ4v) is 4.28. The Balaban J connectivity index is 1.63. The number of amides is 1. The number of carbonyl (C=O) groups is 1. The van der Waals surface area contributed by atoms with E-state index in [1.165, 1.54) is 19.2 Å². The van der Waals surface area contributed by atoms with Crippen LogP contribution in [-0.2, 0) is 6.18 Å². The number of nitrogens with zero attached hydrogens (tertiary/aromatic N) is 4. The summed E-state index contributed by atoms with van der Waals surface area (Å²) >= 11 is 0. The quantitative estimate of drug-likeness (QED) is 0.290. The molecule has 0 aliphatic heterocycles. The van der Waals surface area contributed by atoms with E-state index in [-0.39, 0.29) is 17.2 Å². The van der Waals surface area contributed by atoms with Crippen LogP contribution in [0.25, 0.3) is 33.3 Å². The van der Waals surface area contributed by atoms with Crippen molar-refractivity contribution in [3.05, 3.63) is 90.0 Å². The number of hydrogen-bond donors (Lipinski definition) is 2. The van der Waals surface area contributed by atoms with Crippen LogP contribution in [0.4, 0.5) is 24.8 Å². The average Bonchev–Trinajstić information content (AvgIpc) is 2.92. The molecule has 39 heavy (non-hydrogen) atoms. The van der Waals surface area contributed by atoms with Gasteiger partial charge in [0.2, 0.25) is 5.95 Å². The van der Waals surface area contributed by atoms with Crippen LogP contribution < -0.4 is 15.8 Å². The Morgan fingerprint density at radius 2 is 1.82 bits per heavy atom. The third kappa shape index (κ3) is 5.06. The van der Waals surface area contributed by atoms with Crippen LogP contribution in [-0.4, -0.2) is 33.0 Å². The molecule has 0 bridgehead atoms. The SMILES string of the molecule is COc1c(-c2cc(C(=O)Nc3cccc(C(F)(F)F)c3)ccc2C)cc2cnc(N)nc2c1-c1cnccn1. The lowest BCUT2D eigenvalue weighted by Gasteiger charge is -2.18. The molecule has 8 nitrogen and oxygen atoms in total. The third-order valence-corrected chi connectivity index (χ3v) is 6.11. The predicted molar refractivity (Wildman–Crippen MR) is 141 cm³/mol. The first-order chi connectivity index (χ1) is 18.7. The van der Waals surface area contributed by atoms with Gasteiger partial charge in [0.05, 0.1) is 35.6 Å². The number of fused-ring (bicyclic) bond motifs is 1. The number of aryl methyl sites for hydroxylation is 1. The number of ether oxygens (including phenoxy) is 1. The number of nitrogens with one attached hydrogen (secondary N) is 1. The van der Waals surface area contributed by atoms with E-state index < -0.39 is 17.6 Å². The summed E-state index contributed by atoms with van der Waals surface area (Å²) < 4.78 is 45.2. The Kier molecular flexibility index (Phi) is 6.57. The second-order valence-electron chi connectivity index (χ2n) is 8.65. The van der Waals surface area contributed by atoms with Gasteiger partial charge in [0.1, 0.15) is 5.75 Å². The van der Waals surface area contributed by atoms with Crippen LogP contribution in [0.1, 0.15) is 21.5 Å². The maximum absolute atomic E-state index is 13.1. The molecular formula is C28H21F3N6O2. The number of hydrogen-bond acceptors (Lipinski definition) is 7. The number of rotatable bonds is 5. The Labute approximate surface area is 220 Å². The number of nitrogens with two attached hydrogens (primary N) is 1. The number of methoxy groups -OCH3 is 1. The fraction of sp³-hybridized carbons (Fsp3) is 0.107. The zero-order chi connectivity index (χ0) is 27.7. The molecule has 0 saturated heterocycles. The van der Waals surface area contributed by atoms with Crippen molar-refractivity contribution < 1.29 is 22.7 Å². The first kappa shape index (κ1) is 25.6.